The topological polar surface area (TPSA) is 88.4 Å². The number of carbonyl (C=O) groups excluding carboxylic acids is 2. The molecule has 0 spiro atoms. The third-order valence-corrected chi connectivity index (χ3v) is 4.45. The summed E-state index contributed by atoms with van der Waals surface area (Å²) in [6.07, 6.45) is 3.40. The largest absolute Gasteiger partial charge is 0.493 e. The van der Waals surface area contributed by atoms with E-state index in [-0.39, 0.29) is 5.57 Å². The first-order chi connectivity index (χ1) is 14.0. The zero-order valence-electron chi connectivity index (χ0n) is 16.2. The van der Waals surface area contributed by atoms with Crippen LogP contribution in [0, 0.1) is 11.3 Å². The predicted octanol–water partition coefficient (Wildman–Crippen LogP) is 4.96. The monoisotopic (exact) mass is 456 g/mol. The van der Waals surface area contributed by atoms with Crippen molar-refractivity contribution in [3.05, 3.63) is 63.6 Å². The molecule has 0 bridgehead atoms. The zero-order valence-corrected chi connectivity index (χ0v) is 17.8. The van der Waals surface area contributed by atoms with Gasteiger partial charge in [0.05, 0.1) is 19.3 Å². The lowest BCUT2D eigenvalue weighted by Gasteiger charge is -2.10. The molecule has 2 aromatic rings. The number of amides is 1. The number of esters is 1. The molecule has 2 rings (SSSR count). The van der Waals surface area contributed by atoms with Gasteiger partial charge in [0.1, 0.15) is 17.4 Å². The maximum Gasteiger partial charge on any atom is 0.337 e. The standard InChI is InChI=1S/C22H21BrN2O4/c1-3-4-11-29-20-10-7-18(23)13-16(20)12-17(14-24)21(26)25-19-8-5-15(6-9-19)22(27)28-2/h5-10,12-13H,3-4,11H2,1-2H3,(H,25,26)/b17-12-. The summed E-state index contributed by atoms with van der Waals surface area (Å²) in [6.45, 7) is 2.63. The summed E-state index contributed by atoms with van der Waals surface area (Å²) in [7, 11) is 1.30. The smallest absolute Gasteiger partial charge is 0.337 e. The van der Waals surface area contributed by atoms with Crippen molar-refractivity contribution in [1.82, 2.24) is 0 Å². The molecule has 0 unspecified atom stereocenters. The van der Waals surface area contributed by atoms with Crippen molar-refractivity contribution >= 4 is 39.6 Å². The van der Waals surface area contributed by atoms with Crippen LogP contribution in [0.25, 0.3) is 6.08 Å². The molecule has 0 saturated heterocycles. The van der Waals surface area contributed by atoms with Gasteiger partial charge >= 0.3 is 5.97 Å². The van der Waals surface area contributed by atoms with Gasteiger partial charge < -0.3 is 14.8 Å². The summed E-state index contributed by atoms with van der Waals surface area (Å²) in [5.74, 6) is -0.423. The van der Waals surface area contributed by atoms with Crippen LogP contribution in [0.3, 0.4) is 0 Å². The molecule has 150 valence electrons. The first-order valence-corrected chi connectivity index (χ1v) is 9.81. The number of ether oxygens (including phenoxy) is 2. The van der Waals surface area contributed by atoms with Crippen LogP contribution >= 0.6 is 15.9 Å². The number of nitriles is 1. The van der Waals surface area contributed by atoms with Crippen molar-refractivity contribution < 1.29 is 19.1 Å². The van der Waals surface area contributed by atoms with Gasteiger partial charge in [-0.2, -0.15) is 5.26 Å². The van der Waals surface area contributed by atoms with Crippen LogP contribution in [0.5, 0.6) is 5.75 Å². The average molecular weight is 457 g/mol. The van der Waals surface area contributed by atoms with E-state index >= 15 is 0 Å². The highest BCUT2D eigenvalue weighted by Gasteiger charge is 2.13. The summed E-state index contributed by atoms with van der Waals surface area (Å²) in [5.41, 5.74) is 1.38. The third kappa shape index (κ3) is 6.47. The minimum atomic E-state index is -0.558. The summed E-state index contributed by atoms with van der Waals surface area (Å²) in [5, 5.41) is 12.1. The second-order valence-electron chi connectivity index (χ2n) is 6.08. The van der Waals surface area contributed by atoms with E-state index in [1.165, 1.54) is 25.3 Å². The lowest BCUT2D eigenvalue weighted by atomic mass is 10.1. The van der Waals surface area contributed by atoms with Gasteiger partial charge in [-0.3, -0.25) is 4.79 Å². The van der Waals surface area contributed by atoms with Crippen molar-refractivity contribution in [2.24, 2.45) is 0 Å². The Kier molecular flexibility index (Phi) is 8.44. The number of anilines is 1. The van der Waals surface area contributed by atoms with Crippen LogP contribution in [0.15, 0.2) is 52.5 Å². The number of hydrogen-bond donors (Lipinski definition) is 1. The van der Waals surface area contributed by atoms with Gasteiger partial charge in [0.2, 0.25) is 0 Å². The Morgan fingerprint density at radius 1 is 1.21 bits per heavy atom. The molecule has 2 aromatic carbocycles. The van der Waals surface area contributed by atoms with Gasteiger partial charge in [-0.05, 0) is 55.0 Å². The Morgan fingerprint density at radius 3 is 2.55 bits per heavy atom. The van der Waals surface area contributed by atoms with E-state index in [0.29, 0.717) is 29.2 Å². The SMILES string of the molecule is CCCCOc1ccc(Br)cc1/C=C(/C#N)C(=O)Nc1ccc(C(=O)OC)cc1. The number of nitrogens with one attached hydrogen (secondary N) is 1. The molecule has 0 aliphatic rings. The van der Waals surface area contributed by atoms with Crippen LogP contribution in [0.1, 0.15) is 35.7 Å². The fourth-order valence-corrected chi connectivity index (χ4v) is 2.78. The number of unbranched alkanes of at least 4 members (excludes halogenated alkanes) is 1. The maximum absolute atomic E-state index is 12.5. The minimum absolute atomic E-state index is 0.0690. The first kappa shape index (κ1) is 22.2. The number of carbonyl (C=O) groups is 2. The molecular weight excluding hydrogens is 436 g/mol. The normalized spacial score (nSPS) is 10.8. The lowest BCUT2D eigenvalue weighted by molar-refractivity contribution is -0.112. The van der Waals surface area contributed by atoms with Gasteiger partial charge in [0.25, 0.3) is 5.91 Å². The van der Waals surface area contributed by atoms with Gasteiger partial charge in [-0.25, -0.2) is 4.79 Å². The Hall–Kier alpha value is -3.11. The molecule has 7 heteroatoms. The Balaban J connectivity index is 2.21. The third-order valence-electron chi connectivity index (χ3n) is 3.96. The number of rotatable bonds is 8. The predicted molar refractivity (Wildman–Crippen MR) is 115 cm³/mol. The number of methoxy groups -OCH3 is 1. The van der Waals surface area contributed by atoms with E-state index in [1.807, 2.05) is 12.1 Å². The van der Waals surface area contributed by atoms with Crippen LogP contribution in [-0.2, 0) is 9.53 Å². The molecule has 0 atom stereocenters. The molecule has 0 radical (unpaired) electrons. The molecule has 0 fully saturated rings. The molecular formula is C22H21BrN2O4. The molecule has 1 amide bonds. The van der Waals surface area contributed by atoms with Crippen molar-refractivity contribution in [2.45, 2.75) is 19.8 Å². The van der Waals surface area contributed by atoms with E-state index in [2.05, 4.69) is 32.9 Å². The molecule has 1 N–H and O–H groups in total. The minimum Gasteiger partial charge on any atom is -0.493 e. The number of benzene rings is 2. The number of hydrogen-bond acceptors (Lipinski definition) is 5. The van der Waals surface area contributed by atoms with Gasteiger partial charge in [-0.1, -0.05) is 29.3 Å². The molecule has 0 saturated carbocycles. The summed E-state index contributed by atoms with van der Waals surface area (Å²) >= 11 is 3.40. The first-order valence-electron chi connectivity index (χ1n) is 9.02. The van der Waals surface area contributed by atoms with E-state index < -0.39 is 11.9 Å². The summed E-state index contributed by atoms with van der Waals surface area (Å²) < 4.78 is 11.2. The van der Waals surface area contributed by atoms with Crippen LogP contribution in [0.2, 0.25) is 0 Å². The lowest BCUT2D eigenvalue weighted by Crippen LogP contribution is -2.13. The highest BCUT2D eigenvalue weighted by molar-refractivity contribution is 9.10. The van der Waals surface area contributed by atoms with Crippen molar-refractivity contribution in [1.29, 1.82) is 5.26 Å². The molecule has 0 aliphatic heterocycles. The quantitative estimate of drug-likeness (QED) is 0.262. The molecule has 0 heterocycles. The van der Waals surface area contributed by atoms with Crippen LogP contribution in [-0.4, -0.2) is 25.6 Å². The van der Waals surface area contributed by atoms with E-state index in [9.17, 15) is 14.9 Å². The van der Waals surface area contributed by atoms with Crippen LogP contribution in [0.4, 0.5) is 5.69 Å². The molecule has 29 heavy (non-hydrogen) atoms. The molecule has 6 nitrogen and oxygen atoms in total. The van der Waals surface area contributed by atoms with Crippen molar-refractivity contribution in [2.75, 3.05) is 19.0 Å². The number of nitrogens with zero attached hydrogens (tertiary/aromatic N) is 1. The second kappa shape index (κ2) is 11.0. The fourth-order valence-electron chi connectivity index (χ4n) is 2.40. The Bertz CT molecular complexity index is 946. The van der Waals surface area contributed by atoms with Gasteiger partial charge in [0, 0.05) is 15.7 Å². The van der Waals surface area contributed by atoms with E-state index in [0.717, 1.165) is 17.3 Å². The van der Waals surface area contributed by atoms with Crippen molar-refractivity contribution in [3.8, 4) is 11.8 Å². The van der Waals surface area contributed by atoms with Crippen molar-refractivity contribution in [3.63, 3.8) is 0 Å². The Morgan fingerprint density at radius 2 is 1.93 bits per heavy atom. The zero-order chi connectivity index (χ0) is 21.2. The maximum atomic E-state index is 12.5. The fraction of sp³-hybridized carbons (Fsp3) is 0.227. The molecule has 0 aromatic heterocycles. The number of halogens is 1. The second-order valence-corrected chi connectivity index (χ2v) is 6.99. The van der Waals surface area contributed by atoms with Crippen LogP contribution < -0.4 is 10.1 Å². The van der Waals surface area contributed by atoms with Gasteiger partial charge in [-0.15, -0.1) is 0 Å². The van der Waals surface area contributed by atoms with Gasteiger partial charge in [0.15, 0.2) is 0 Å². The highest BCUT2D eigenvalue weighted by Crippen LogP contribution is 2.26. The highest BCUT2D eigenvalue weighted by atomic mass is 79.9. The summed E-state index contributed by atoms with van der Waals surface area (Å²) in [4.78, 5) is 24.0. The Labute approximate surface area is 178 Å². The average Bonchev–Trinajstić information content (AvgIpc) is 2.73. The van der Waals surface area contributed by atoms with E-state index in [4.69, 9.17) is 4.74 Å². The summed E-state index contributed by atoms with van der Waals surface area (Å²) in [6, 6.07) is 13.6. The molecule has 0 aliphatic carbocycles. The van der Waals surface area contributed by atoms with E-state index in [1.54, 1.807) is 24.3 Å².